The third-order valence-electron chi connectivity index (χ3n) is 7.64. The maximum Gasteiger partial charge on any atom is 0.178 e. The predicted molar refractivity (Wildman–Crippen MR) is 195 cm³/mol. The number of hydrogen-bond donors (Lipinski definition) is 1. The molecule has 2 aromatic carbocycles. The van der Waals surface area contributed by atoms with Gasteiger partial charge < -0.3 is 10.2 Å². The molecular weight excluding hydrogens is 659 g/mol. The van der Waals surface area contributed by atoms with E-state index in [4.69, 9.17) is 53.3 Å². The van der Waals surface area contributed by atoms with Crippen LogP contribution in [0, 0.1) is 27.7 Å². The smallest absolute Gasteiger partial charge is 0.178 e. The molecule has 49 heavy (non-hydrogen) atoms. The first-order chi connectivity index (χ1) is 23.5. The van der Waals surface area contributed by atoms with Crippen molar-refractivity contribution >= 4 is 46.2 Å². The fourth-order valence-corrected chi connectivity index (χ4v) is 5.84. The van der Waals surface area contributed by atoms with Gasteiger partial charge in [-0.15, -0.1) is 0 Å². The second-order valence-corrected chi connectivity index (χ2v) is 12.9. The van der Waals surface area contributed by atoms with Gasteiger partial charge in [0.05, 0.1) is 46.5 Å². The monoisotopic (exact) mass is 696 g/mol. The molecule has 4 heterocycles. The maximum atomic E-state index is 6.41. The van der Waals surface area contributed by atoms with Crippen molar-refractivity contribution in [2.45, 2.75) is 40.8 Å². The molecule has 0 spiro atoms. The van der Waals surface area contributed by atoms with Crippen LogP contribution in [-0.2, 0) is 13.1 Å². The first-order valence-corrected chi connectivity index (χ1v) is 16.5. The van der Waals surface area contributed by atoms with E-state index < -0.39 is 0 Å². The van der Waals surface area contributed by atoms with E-state index >= 15 is 0 Å². The largest absolute Gasteiger partial charge is 0.314 e. The Labute approximate surface area is 296 Å². The van der Waals surface area contributed by atoms with Gasteiger partial charge in [0.1, 0.15) is 0 Å². The highest BCUT2D eigenvalue weighted by molar-refractivity contribution is 6.31. The Balaban J connectivity index is 1.63. The van der Waals surface area contributed by atoms with Gasteiger partial charge in [0.2, 0.25) is 0 Å². The Morgan fingerprint density at radius 2 is 1.08 bits per heavy atom. The zero-order valence-electron chi connectivity index (χ0n) is 28.5. The van der Waals surface area contributed by atoms with Crippen LogP contribution in [0.15, 0.2) is 73.1 Å². The lowest BCUT2D eigenvalue weighted by Gasteiger charge is -2.36. The summed E-state index contributed by atoms with van der Waals surface area (Å²) in [6.45, 7) is 8.99. The van der Waals surface area contributed by atoms with Crippen molar-refractivity contribution in [3.63, 3.8) is 0 Å². The van der Waals surface area contributed by atoms with E-state index in [-0.39, 0.29) is 0 Å². The first-order valence-electron chi connectivity index (χ1n) is 15.7. The number of nitrogens with zero attached hydrogens (tertiary/aromatic N) is 11. The fraction of sp³-hybridized carbons (Fsp3) is 0.257. The molecule has 0 atom stereocenters. The number of hydrazine groups is 1. The summed E-state index contributed by atoms with van der Waals surface area (Å²) in [4.78, 5) is 22.4. The van der Waals surface area contributed by atoms with Crippen LogP contribution in [0.2, 0.25) is 10.0 Å². The summed E-state index contributed by atoms with van der Waals surface area (Å²) in [7, 11) is 5.88. The topological polar surface area (TPSA) is 109 Å². The third-order valence-corrected chi connectivity index (χ3v) is 8.14. The highest BCUT2D eigenvalue weighted by Gasteiger charge is 2.28. The second kappa shape index (κ2) is 14.3. The molecule has 4 aromatic heterocycles. The normalized spacial score (nSPS) is 11.4. The lowest BCUT2D eigenvalue weighted by molar-refractivity contribution is 0.394. The SMILES string of the molecule is CNCc1ncc(N(c2ccc(Cl)cc2)N(c2ccc(Cl)cc2)c2cnc(CN(C)C)c(-n3nc(C)cc3C)n2)nc1-n1nc(C)cc1C. The van der Waals surface area contributed by atoms with Gasteiger partial charge >= 0.3 is 0 Å². The standard InChI is InChI=1S/C35H38Cl2N12/c1-22-16-24(3)46(43-22)34-30(18-38-5)39-19-32(41-34)48(28-12-8-26(36)9-13-28)49(29-14-10-27(37)11-15-29)33-20-40-31(21-45(6)7)35(42-33)47-25(4)17-23(2)44-47/h8-17,19-20,38H,18,21H2,1-7H3. The summed E-state index contributed by atoms with van der Waals surface area (Å²) in [6.07, 6.45) is 3.51. The Hall–Kier alpha value is -4.88. The van der Waals surface area contributed by atoms with Crippen LogP contribution in [0.4, 0.5) is 23.0 Å². The molecule has 252 valence electrons. The van der Waals surface area contributed by atoms with Crippen molar-refractivity contribution in [3.05, 3.63) is 117 Å². The number of aryl methyl sites for hydroxylation is 4. The van der Waals surface area contributed by atoms with E-state index in [1.165, 1.54) is 0 Å². The molecular formula is C35H38Cl2N12. The van der Waals surface area contributed by atoms with Crippen molar-refractivity contribution in [2.75, 3.05) is 31.2 Å². The van der Waals surface area contributed by atoms with E-state index in [1.54, 1.807) is 12.4 Å². The Kier molecular flexibility index (Phi) is 9.93. The van der Waals surface area contributed by atoms with E-state index in [0.29, 0.717) is 46.4 Å². The molecule has 0 bridgehead atoms. The molecule has 0 saturated carbocycles. The van der Waals surface area contributed by atoms with Gasteiger partial charge in [-0.1, -0.05) is 23.2 Å². The number of hydrogen-bond acceptors (Lipinski definition) is 10. The highest BCUT2D eigenvalue weighted by Crippen LogP contribution is 2.37. The van der Waals surface area contributed by atoms with Gasteiger partial charge in [0, 0.05) is 34.5 Å². The summed E-state index contributed by atoms with van der Waals surface area (Å²) in [5, 5.41) is 17.8. The van der Waals surface area contributed by atoms with Gasteiger partial charge in [0.15, 0.2) is 23.3 Å². The molecule has 0 aliphatic rings. The van der Waals surface area contributed by atoms with Crippen molar-refractivity contribution in [3.8, 4) is 11.6 Å². The molecule has 0 aliphatic carbocycles. The van der Waals surface area contributed by atoms with Gasteiger partial charge in [-0.05, 0) is 110 Å². The van der Waals surface area contributed by atoms with Crippen LogP contribution in [0.3, 0.4) is 0 Å². The van der Waals surface area contributed by atoms with E-state index in [1.807, 2.05) is 129 Å². The number of anilines is 4. The molecule has 6 rings (SSSR count). The van der Waals surface area contributed by atoms with E-state index in [9.17, 15) is 0 Å². The zero-order valence-corrected chi connectivity index (χ0v) is 30.0. The number of rotatable bonds is 11. The van der Waals surface area contributed by atoms with E-state index in [0.717, 1.165) is 45.5 Å². The second-order valence-electron chi connectivity index (χ2n) is 12.0. The minimum Gasteiger partial charge on any atom is -0.314 e. The average molecular weight is 698 g/mol. The van der Waals surface area contributed by atoms with E-state index in [2.05, 4.69) is 10.2 Å². The third kappa shape index (κ3) is 7.27. The molecule has 0 unspecified atom stereocenters. The molecule has 1 N–H and O–H groups in total. The van der Waals surface area contributed by atoms with Crippen LogP contribution >= 0.6 is 23.2 Å². The zero-order chi connectivity index (χ0) is 34.8. The number of aromatic nitrogens is 8. The molecule has 0 fully saturated rings. The molecule has 0 radical (unpaired) electrons. The molecule has 0 aliphatic heterocycles. The summed E-state index contributed by atoms with van der Waals surface area (Å²) >= 11 is 12.8. The quantitative estimate of drug-likeness (QED) is 0.145. The fourth-order valence-electron chi connectivity index (χ4n) is 5.59. The molecule has 12 nitrogen and oxygen atoms in total. The summed E-state index contributed by atoms with van der Waals surface area (Å²) in [5.74, 6) is 2.23. The molecule has 6 aromatic rings. The number of benzene rings is 2. The van der Waals surface area contributed by atoms with Crippen molar-refractivity contribution in [1.29, 1.82) is 0 Å². The minimum atomic E-state index is 0.494. The summed E-state index contributed by atoms with van der Waals surface area (Å²) in [6, 6.07) is 19.1. The van der Waals surface area contributed by atoms with Crippen molar-refractivity contribution in [1.82, 2.24) is 49.7 Å². The lowest BCUT2D eigenvalue weighted by Crippen LogP contribution is -2.38. The highest BCUT2D eigenvalue weighted by atomic mass is 35.5. The lowest BCUT2D eigenvalue weighted by atomic mass is 10.2. The molecule has 14 heteroatoms. The van der Waals surface area contributed by atoms with Gasteiger partial charge in [-0.2, -0.15) is 10.2 Å². The van der Waals surface area contributed by atoms with Gasteiger partial charge in [-0.3, -0.25) is 9.97 Å². The van der Waals surface area contributed by atoms with Crippen LogP contribution in [0.25, 0.3) is 11.6 Å². The average Bonchev–Trinajstić information content (AvgIpc) is 3.59. The van der Waals surface area contributed by atoms with Crippen LogP contribution in [0.5, 0.6) is 0 Å². The molecule has 0 amide bonds. The Bertz CT molecular complexity index is 2070. The first kappa shape index (κ1) is 34.0. The minimum absolute atomic E-state index is 0.494. The van der Waals surface area contributed by atoms with Crippen molar-refractivity contribution in [2.24, 2.45) is 0 Å². The van der Waals surface area contributed by atoms with Gasteiger partial charge in [-0.25, -0.2) is 29.3 Å². The summed E-state index contributed by atoms with van der Waals surface area (Å²) < 4.78 is 3.66. The Morgan fingerprint density at radius 3 is 1.47 bits per heavy atom. The summed E-state index contributed by atoms with van der Waals surface area (Å²) in [5.41, 5.74) is 6.66. The van der Waals surface area contributed by atoms with Gasteiger partial charge in [0.25, 0.3) is 0 Å². The molecule has 0 saturated heterocycles. The van der Waals surface area contributed by atoms with Crippen LogP contribution in [0.1, 0.15) is 34.2 Å². The van der Waals surface area contributed by atoms with Crippen LogP contribution < -0.4 is 15.3 Å². The maximum absolute atomic E-state index is 6.41. The van der Waals surface area contributed by atoms with Crippen LogP contribution in [-0.4, -0.2) is 65.5 Å². The number of halogens is 2. The van der Waals surface area contributed by atoms with Crippen molar-refractivity contribution < 1.29 is 0 Å². The predicted octanol–water partition coefficient (Wildman–Crippen LogP) is 6.85. The number of nitrogens with one attached hydrogen (secondary N) is 1. The Morgan fingerprint density at radius 1 is 0.653 bits per heavy atom.